The highest BCUT2D eigenvalue weighted by Crippen LogP contribution is 2.42. The van der Waals surface area contributed by atoms with Crippen molar-refractivity contribution in [1.82, 2.24) is 29.2 Å². The van der Waals surface area contributed by atoms with Gasteiger partial charge in [-0.1, -0.05) is 6.92 Å². The van der Waals surface area contributed by atoms with Crippen molar-refractivity contribution in [2.75, 3.05) is 26.7 Å². The Hall–Kier alpha value is -3.79. The number of carbonyl (C=O) groups is 1. The van der Waals surface area contributed by atoms with E-state index in [1.807, 2.05) is 4.40 Å². The normalized spacial score (nSPS) is 17.5. The van der Waals surface area contributed by atoms with Crippen LogP contribution in [0.1, 0.15) is 54.1 Å². The molecule has 4 aromatic rings. The molecular formula is C29H32F2N6O2. The van der Waals surface area contributed by atoms with Crippen molar-refractivity contribution < 1.29 is 18.3 Å². The van der Waals surface area contributed by atoms with Gasteiger partial charge in [0.1, 0.15) is 35.0 Å². The van der Waals surface area contributed by atoms with Crippen molar-refractivity contribution in [2.24, 2.45) is 0 Å². The van der Waals surface area contributed by atoms with Crippen LogP contribution in [-0.4, -0.2) is 62.5 Å². The summed E-state index contributed by atoms with van der Waals surface area (Å²) in [5.41, 5.74) is 1.55. The number of hydrogen-bond acceptors (Lipinski definition) is 5. The molecule has 0 atom stereocenters. The first-order chi connectivity index (χ1) is 18.8. The molecule has 1 amide bonds. The fourth-order valence-corrected chi connectivity index (χ4v) is 5.38. The number of amides is 1. The number of aromatic nitrogens is 4. The van der Waals surface area contributed by atoms with Crippen LogP contribution < -0.4 is 10.1 Å². The smallest absolute Gasteiger partial charge is 0.254 e. The van der Waals surface area contributed by atoms with Gasteiger partial charge in [-0.3, -0.25) is 13.8 Å². The maximum atomic E-state index is 16.3. The molecule has 1 N–H and O–H groups in total. The standard InChI is InChI=1S/C29H32F2N6O2/c1-4-35-9-7-29(31,8-10-35)22-15-37-26(13-25(22)39-3)32-14-27(37)36-16-24(33-17-36)20-12-21(23(30)11-18(20)2)28(38)34-19-5-6-19/h11-17,19H,4-10H2,1-3H3,(H,34,38). The first kappa shape index (κ1) is 25.5. The number of alkyl halides is 1. The summed E-state index contributed by atoms with van der Waals surface area (Å²) in [6, 6.07) is 4.82. The number of piperidine rings is 1. The molecule has 10 heteroatoms. The lowest BCUT2D eigenvalue weighted by molar-refractivity contribution is 0.0559. The number of hydrogen-bond donors (Lipinski definition) is 1. The van der Waals surface area contributed by atoms with Crippen LogP contribution >= 0.6 is 0 Å². The molecule has 0 spiro atoms. The van der Waals surface area contributed by atoms with Crippen LogP contribution in [0.2, 0.25) is 0 Å². The van der Waals surface area contributed by atoms with E-state index >= 15 is 4.39 Å². The van der Waals surface area contributed by atoms with Gasteiger partial charge in [0.25, 0.3) is 5.91 Å². The molecule has 1 aliphatic carbocycles. The molecular weight excluding hydrogens is 502 g/mol. The Labute approximate surface area is 225 Å². The maximum Gasteiger partial charge on any atom is 0.254 e. The van der Waals surface area contributed by atoms with Crippen LogP contribution in [-0.2, 0) is 5.67 Å². The molecule has 0 unspecified atom stereocenters. The molecule has 1 aromatic carbocycles. The van der Waals surface area contributed by atoms with Crippen LogP contribution in [0.15, 0.2) is 43.1 Å². The van der Waals surface area contributed by atoms with Crippen molar-refractivity contribution in [3.63, 3.8) is 0 Å². The van der Waals surface area contributed by atoms with Gasteiger partial charge in [-0.25, -0.2) is 18.7 Å². The van der Waals surface area contributed by atoms with E-state index in [4.69, 9.17) is 4.74 Å². The molecule has 0 bridgehead atoms. The van der Waals surface area contributed by atoms with Crippen molar-refractivity contribution in [3.8, 4) is 22.8 Å². The number of benzene rings is 1. The van der Waals surface area contributed by atoms with Gasteiger partial charge in [-0.2, -0.15) is 0 Å². The summed E-state index contributed by atoms with van der Waals surface area (Å²) in [4.78, 5) is 23.9. The predicted molar refractivity (Wildman–Crippen MR) is 144 cm³/mol. The van der Waals surface area contributed by atoms with Crippen molar-refractivity contribution in [3.05, 3.63) is 65.6 Å². The Morgan fingerprint density at radius 1 is 1.18 bits per heavy atom. The predicted octanol–water partition coefficient (Wildman–Crippen LogP) is 4.82. The van der Waals surface area contributed by atoms with E-state index in [1.165, 1.54) is 6.07 Å². The number of nitrogens with zero attached hydrogens (tertiary/aromatic N) is 5. The molecule has 1 saturated carbocycles. The van der Waals surface area contributed by atoms with Crippen LogP contribution in [0.5, 0.6) is 5.75 Å². The lowest BCUT2D eigenvalue weighted by Crippen LogP contribution is -2.40. The Morgan fingerprint density at radius 2 is 1.95 bits per heavy atom. The molecule has 6 rings (SSSR count). The van der Waals surface area contributed by atoms with Gasteiger partial charge in [0.05, 0.1) is 24.6 Å². The van der Waals surface area contributed by atoms with Gasteiger partial charge >= 0.3 is 0 Å². The third-order valence-corrected chi connectivity index (χ3v) is 7.98. The van der Waals surface area contributed by atoms with E-state index in [1.54, 1.807) is 55.7 Å². The number of likely N-dealkylation sites (tertiary alicyclic amines) is 1. The fraction of sp³-hybridized carbons (Fsp3) is 0.414. The Balaban J connectivity index is 1.36. The summed E-state index contributed by atoms with van der Waals surface area (Å²) < 4.78 is 40.2. The minimum atomic E-state index is -1.50. The summed E-state index contributed by atoms with van der Waals surface area (Å²) in [5, 5.41) is 2.85. The monoisotopic (exact) mass is 534 g/mol. The first-order valence-electron chi connectivity index (χ1n) is 13.4. The number of carbonyl (C=O) groups excluding carboxylic acids is 1. The zero-order chi connectivity index (χ0) is 27.3. The lowest BCUT2D eigenvalue weighted by atomic mass is 9.86. The summed E-state index contributed by atoms with van der Waals surface area (Å²) in [6.45, 7) is 6.16. The summed E-state index contributed by atoms with van der Waals surface area (Å²) in [6.07, 6.45) is 9.54. The molecule has 2 fully saturated rings. The number of methoxy groups -OCH3 is 1. The van der Waals surface area contributed by atoms with Gasteiger partial charge in [-0.05, 0) is 56.8 Å². The Morgan fingerprint density at radius 3 is 2.64 bits per heavy atom. The highest BCUT2D eigenvalue weighted by molar-refractivity contribution is 5.96. The van der Waals surface area contributed by atoms with E-state index in [0.717, 1.165) is 19.4 Å². The average molecular weight is 535 g/mol. The van der Waals surface area contributed by atoms with Gasteiger partial charge < -0.3 is 15.0 Å². The summed E-state index contributed by atoms with van der Waals surface area (Å²) >= 11 is 0. The van der Waals surface area contributed by atoms with E-state index < -0.39 is 17.4 Å². The van der Waals surface area contributed by atoms with Crippen LogP contribution in [0.3, 0.4) is 0 Å². The molecule has 1 saturated heterocycles. The van der Waals surface area contributed by atoms with E-state index in [9.17, 15) is 9.18 Å². The summed E-state index contributed by atoms with van der Waals surface area (Å²) in [7, 11) is 1.55. The van der Waals surface area contributed by atoms with Gasteiger partial charge in [-0.15, -0.1) is 0 Å². The quantitative estimate of drug-likeness (QED) is 0.368. The second-order valence-electron chi connectivity index (χ2n) is 10.6. The first-order valence-corrected chi connectivity index (χ1v) is 13.4. The zero-order valence-corrected chi connectivity index (χ0v) is 22.4. The highest BCUT2D eigenvalue weighted by Gasteiger charge is 2.39. The average Bonchev–Trinajstić information content (AvgIpc) is 3.44. The number of fused-ring (bicyclic) bond motifs is 1. The highest BCUT2D eigenvalue weighted by atomic mass is 19.1. The molecule has 0 radical (unpaired) electrons. The van der Waals surface area contributed by atoms with Crippen molar-refractivity contribution in [2.45, 2.75) is 51.2 Å². The SMILES string of the molecule is CCN1CCC(F)(c2cn3c(-n4cnc(-c5cc(C(=O)NC6CC6)c(F)cc5C)c4)cnc3cc2OC)CC1. The largest absolute Gasteiger partial charge is 0.496 e. The number of imidazole rings is 2. The lowest BCUT2D eigenvalue weighted by Gasteiger charge is -2.36. The minimum Gasteiger partial charge on any atom is -0.496 e. The molecule has 204 valence electrons. The molecule has 4 heterocycles. The Bertz CT molecular complexity index is 1550. The maximum absolute atomic E-state index is 16.3. The van der Waals surface area contributed by atoms with Crippen molar-refractivity contribution in [1.29, 1.82) is 0 Å². The topological polar surface area (TPSA) is 76.7 Å². The minimum absolute atomic E-state index is 0.00551. The van der Waals surface area contributed by atoms with Gasteiger partial charge in [0.15, 0.2) is 0 Å². The molecule has 3 aromatic heterocycles. The third-order valence-electron chi connectivity index (χ3n) is 7.98. The van der Waals surface area contributed by atoms with Crippen LogP contribution in [0.4, 0.5) is 8.78 Å². The number of pyridine rings is 1. The summed E-state index contributed by atoms with van der Waals surface area (Å²) in [5.74, 6) is 0.192. The molecule has 8 nitrogen and oxygen atoms in total. The number of nitrogens with one attached hydrogen (secondary N) is 1. The second kappa shape index (κ2) is 9.75. The van der Waals surface area contributed by atoms with Crippen LogP contribution in [0.25, 0.3) is 22.7 Å². The number of aryl methyl sites for hydroxylation is 1. The number of ether oxygens (including phenoxy) is 1. The molecule has 1 aliphatic heterocycles. The molecule has 39 heavy (non-hydrogen) atoms. The second-order valence-corrected chi connectivity index (χ2v) is 10.6. The number of halogens is 2. The van der Waals surface area contributed by atoms with Crippen LogP contribution in [0, 0.1) is 12.7 Å². The third kappa shape index (κ3) is 4.67. The zero-order valence-electron chi connectivity index (χ0n) is 22.4. The van der Waals surface area contributed by atoms with Gasteiger partial charge in [0, 0.05) is 48.7 Å². The molecule has 2 aliphatic rings. The van der Waals surface area contributed by atoms with E-state index in [-0.39, 0.29) is 11.6 Å². The number of rotatable bonds is 7. The fourth-order valence-electron chi connectivity index (χ4n) is 5.38. The van der Waals surface area contributed by atoms with E-state index in [0.29, 0.717) is 65.5 Å². The van der Waals surface area contributed by atoms with Crippen molar-refractivity contribution >= 4 is 11.6 Å². The van der Waals surface area contributed by atoms with Gasteiger partial charge in [0.2, 0.25) is 0 Å². The van der Waals surface area contributed by atoms with E-state index in [2.05, 4.69) is 27.1 Å². The Kier molecular flexibility index (Phi) is 6.37.